The van der Waals surface area contributed by atoms with Crippen molar-refractivity contribution in [2.45, 2.75) is 38.6 Å². The molecule has 3 N–H and O–H groups in total. The van der Waals surface area contributed by atoms with Crippen LogP contribution in [0.2, 0.25) is 0 Å². The third-order valence-corrected chi connectivity index (χ3v) is 8.00. The van der Waals surface area contributed by atoms with Crippen molar-refractivity contribution in [3.05, 3.63) is 46.5 Å². The van der Waals surface area contributed by atoms with E-state index in [1.807, 2.05) is 0 Å². The lowest BCUT2D eigenvalue weighted by atomic mass is 9.92. The number of amides is 1. The number of aldehydes is 2. The van der Waals surface area contributed by atoms with E-state index >= 15 is 0 Å². The molecule has 1 aliphatic rings. The second-order valence-corrected chi connectivity index (χ2v) is 10.7. The molecule has 7 atom stereocenters. The molecule has 0 aliphatic carbocycles. The number of nitrogens with zero attached hydrogens (tertiary/aromatic N) is 4. The lowest BCUT2D eigenvalue weighted by molar-refractivity contribution is -0.384. The molecule has 1 aromatic carbocycles. The molecule has 222 valence electrons. The number of carbonyl (C=O) groups is 4. The fourth-order valence-corrected chi connectivity index (χ4v) is 5.63. The predicted octanol–water partition coefficient (Wildman–Crippen LogP) is 1.19. The van der Waals surface area contributed by atoms with Crippen LogP contribution in [0.3, 0.4) is 0 Å². The quantitative estimate of drug-likeness (QED) is 0.0966. The largest absolute Gasteiger partial charge is 0.468 e. The Morgan fingerprint density at radius 2 is 1.93 bits per heavy atom. The van der Waals surface area contributed by atoms with Gasteiger partial charge in [0, 0.05) is 12.1 Å². The molecule has 2 heterocycles. The Hall–Kier alpha value is -4.05. The van der Waals surface area contributed by atoms with Gasteiger partial charge in [-0.2, -0.15) is 5.09 Å². The van der Waals surface area contributed by atoms with E-state index in [0.717, 1.165) is 30.3 Å². The number of primary amides is 1. The summed E-state index contributed by atoms with van der Waals surface area (Å²) < 4.78 is 36.9. The van der Waals surface area contributed by atoms with Crippen molar-refractivity contribution in [1.82, 2.24) is 19.9 Å². The molecule has 0 radical (unpaired) electrons. The molecule has 1 fully saturated rings. The topological polar surface area (TPSA) is 234 Å². The molecule has 17 nitrogen and oxygen atoms in total. The molecule has 3 unspecified atom stereocenters. The van der Waals surface area contributed by atoms with Gasteiger partial charge in [0.1, 0.15) is 30.7 Å². The lowest BCUT2D eigenvalue weighted by Crippen LogP contribution is -2.42. The van der Waals surface area contributed by atoms with Gasteiger partial charge in [0.25, 0.3) is 11.6 Å². The van der Waals surface area contributed by atoms with Crippen LogP contribution in [0.4, 0.5) is 5.69 Å². The molecule has 1 aliphatic heterocycles. The summed E-state index contributed by atoms with van der Waals surface area (Å²) >= 11 is 0. The second-order valence-electron chi connectivity index (χ2n) is 9.06. The van der Waals surface area contributed by atoms with Gasteiger partial charge in [0.2, 0.25) is 5.82 Å². The first-order valence-electron chi connectivity index (χ1n) is 12.3. The van der Waals surface area contributed by atoms with Crippen LogP contribution in [0.25, 0.3) is 0 Å². The number of ether oxygens (including phenoxy) is 2. The van der Waals surface area contributed by atoms with Crippen LogP contribution in [-0.4, -0.2) is 70.0 Å². The molecule has 2 aromatic rings. The number of nitro groups is 1. The molecule has 1 saturated heterocycles. The highest BCUT2D eigenvalue weighted by Gasteiger charge is 2.48. The van der Waals surface area contributed by atoms with Gasteiger partial charge < -0.3 is 29.3 Å². The maximum atomic E-state index is 14.0. The molecule has 3 rings (SSSR count). The molecule has 0 bridgehead atoms. The average Bonchev–Trinajstić information content (AvgIpc) is 3.59. The lowest BCUT2D eigenvalue weighted by Gasteiger charge is -2.28. The third-order valence-electron chi connectivity index (χ3n) is 6.47. The zero-order chi connectivity index (χ0) is 30.3. The fourth-order valence-electron chi connectivity index (χ4n) is 4.01. The summed E-state index contributed by atoms with van der Waals surface area (Å²) in [7, 11) is -3.34. The Morgan fingerprint density at radius 3 is 2.44 bits per heavy atom. The number of esters is 1. The number of hydrogen-bond donors (Lipinski definition) is 2. The number of aromatic nitrogens is 3. The summed E-state index contributed by atoms with van der Waals surface area (Å²) in [6.07, 6.45) is 0.162. The fraction of sp³-hybridized carbons (Fsp3) is 0.478. The van der Waals surface area contributed by atoms with Crippen molar-refractivity contribution in [2.24, 2.45) is 23.5 Å². The van der Waals surface area contributed by atoms with Gasteiger partial charge in [-0.05, 0) is 18.1 Å². The zero-order valence-electron chi connectivity index (χ0n) is 22.2. The molecule has 41 heavy (non-hydrogen) atoms. The van der Waals surface area contributed by atoms with E-state index in [2.05, 4.69) is 15.2 Å². The minimum absolute atomic E-state index is 0.0938. The maximum Gasteiger partial charge on any atom is 0.459 e. The highest BCUT2D eigenvalue weighted by atomic mass is 31.2. The maximum absolute atomic E-state index is 14.0. The summed E-state index contributed by atoms with van der Waals surface area (Å²) in [6.45, 7) is 2.91. The Kier molecular flexibility index (Phi) is 10.4. The van der Waals surface area contributed by atoms with Crippen molar-refractivity contribution >= 4 is 37.9 Å². The molecule has 1 aromatic heterocycles. The summed E-state index contributed by atoms with van der Waals surface area (Å²) in [5, 5.41) is 17.4. The Morgan fingerprint density at radius 1 is 1.27 bits per heavy atom. The SMILES string of the molecule is CC[C@H](C)[C@H](NP(=O)(OC[C@H]1O[C@@H](n2cnc(C(N)=O)n2)C(C=O)C1C=O)Oc1ccc([N+](=O)[O-])cc1)C(=O)OC. The summed E-state index contributed by atoms with van der Waals surface area (Å²) in [4.78, 5) is 61.9. The van der Waals surface area contributed by atoms with Crippen LogP contribution in [0.1, 0.15) is 37.1 Å². The molecule has 0 spiro atoms. The van der Waals surface area contributed by atoms with Crippen molar-refractivity contribution in [2.75, 3.05) is 13.7 Å². The van der Waals surface area contributed by atoms with Crippen molar-refractivity contribution in [3.63, 3.8) is 0 Å². The molecular weight excluding hydrogens is 567 g/mol. The normalized spacial score (nSPS) is 23.1. The Balaban J connectivity index is 1.89. The first-order chi connectivity index (χ1) is 19.5. The van der Waals surface area contributed by atoms with E-state index in [1.54, 1.807) is 13.8 Å². The molecule has 1 amide bonds. The summed E-state index contributed by atoms with van der Waals surface area (Å²) in [6, 6.07) is 3.45. The van der Waals surface area contributed by atoms with Gasteiger partial charge >= 0.3 is 13.7 Å². The van der Waals surface area contributed by atoms with Crippen LogP contribution < -0.4 is 15.3 Å². The van der Waals surface area contributed by atoms with Crippen molar-refractivity contribution in [1.29, 1.82) is 0 Å². The smallest absolute Gasteiger partial charge is 0.459 e. The number of benzene rings is 1. The number of nitrogens with two attached hydrogens (primary N) is 1. The first-order valence-corrected chi connectivity index (χ1v) is 13.8. The number of nitrogens with one attached hydrogen (secondary N) is 1. The average molecular weight is 596 g/mol. The molecular formula is C23H29N6O11P. The minimum atomic E-state index is -4.49. The van der Waals surface area contributed by atoms with Crippen molar-refractivity contribution in [3.8, 4) is 5.75 Å². The highest BCUT2D eigenvalue weighted by Crippen LogP contribution is 2.47. The number of rotatable bonds is 15. The second kappa shape index (κ2) is 13.5. The van der Waals surface area contributed by atoms with Gasteiger partial charge in [-0.25, -0.2) is 14.2 Å². The van der Waals surface area contributed by atoms with Gasteiger partial charge in [0.15, 0.2) is 6.23 Å². The van der Waals surface area contributed by atoms with Crippen molar-refractivity contribution < 1.29 is 47.2 Å². The van der Waals surface area contributed by atoms with Gasteiger partial charge in [0.05, 0.1) is 36.6 Å². The zero-order valence-corrected chi connectivity index (χ0v) is 23.1. The Labute approximate surface area is 233 Å². The molecule has 18 heteroatoms. The number of non-ortho nitro benzene ring substituents is 1. The van der Waals surface area contributed by atoms with Gasteiger partial charge in [-0.1, -0.05) is 20.3 Å². The predicted molar refractivity (Wildman–Crippen MR) is 137 cm³/mol. The number of hydrogen-bond acceptors (Lipinski definition) is 13. The van der Waals surface area contributed by atoms with E-state index in [9.17, 15) is 33.9 Å². The van der Waals surface area contributed by atoms with Gasteiger partial charge in [-0.15, -0.1) is 5.10 Å². The minimum Gasteiger partial charge on any atom is -0.468 e. The van der Waals surface area contributed by atoms with E-state index in [0.29, 0.717) is 19.0 Å². The molecule has 0 saturated carbocycles. The number of nitro benzene ring substituents is 1. The van der Waals surface area contributed by atoms with E-state index in [-0.39, 0.29) is 17.3 Å². The van der Waals surface area contributed by atoms with E-state index < -0.39 is 67.3 Å². The van der Waals surface area contributed by atoms with E-state index in [1.165, 1.54) is 12.1 Å². The van der Waals surface area contributed by atoms with Crippen LogP contribution in [0, 0.1) is 27.9 Å². The van der Waals surface area contributed by atoms with Crippen LogP contribution in [0.15, 0.2) is 30.6 Å². The highest BCUT2D eigenvalue weighted by molar-refractivity contribution is 7.52. The number of carbonyl (C=O) groups excluding carboxylic acids is 4. The van der Waals surface area contributed by atoms with Crippen LogP contribution in [-0.2, 0) is 32.9 Å². The van der Waals surface area contributed by atoms with Crippen LogP contribution >= 0.6 is 7.75 Å². The Bertz CT molecular complexity index is 1320. The third kappa shape index (κ3) is 7.38. The van der Waals surface area contributed by atoms with Crippen LogP contribution in [0.5, 0.6) is 5.75 Å². The summed E-state index contributed by atoms with van der Waals surface area (Å²) in [5.74, 6) is -4.70. The standard InChI is InChI=1S/C23H29N6O11P/c1-4-13(2)19(23(33)37-3)27-41(36,40-15-7-5-14(6-8-15)29(34)35)38-11-18-16(9-30)17(10-31)22(39-18)28-12-25-21(26-28)20(24)32/h5-10,12-13,16-19,22H,4,11H2,1-3H3,(H2,24,32)(H,27,36)/t13-,16?,17?,18+,19-,22+,41?/m0/s1. The first kappa shape index (κ1) is 31.5. The summed E-state index contributed by atoms with van der Waals surface area (Å²) in [5.41, 5.74) is 4.93. The number of methoxy groups -OCH3 is 1. The monoisotopic (exact) mass is 596 g/mol. The van der Waals surface area contributed by atoms with Gasteiger partial charge in [-0.3, -0.25) is 24.2 Å². The van der Waals surface area contributed by atoms with E-state index in [4.69, 9.17) is 24.3 Å².